The summed E-state index contributed by atoms with van der Waals surface area (Å²) in [5, 5.41) is 10.6. The van der Waals surface area contributed by atoms with E-state index in [1.807, 2.05) is 0 Å². The van der Waals surface area contributed by atoms with Gasteiger partial charge < -0.3 is 33.8 Å². The van der Waals surface area contributed by atoms with Crippen molar-refractivity contribution in [3.05, 3.63) is 0 Å². The SMILES string of the molecule is CCC(C)CCCCCCCCCCCCCCCCCCCCC(=O)OC[C@H](COP(=O)(O)OC[C@@H](O)COP(=O)(O)OC[C@@H](COC(=O)CCCCCCCCC(C)C)OC(=O)CCCCCCCCCC(C)C)OC(=O)CCCCCCCCCCCCCCCC(C)C. The summed E-state index contributed by atoms with van der Waals surface area (Å²) in [6.45, 7) is 14.1. The molecule has 0 aromatic heterocycles. The Morgan fingerprint density at radius 2 is 0.495 bits per heavy atom. The first-order valence-electron chi connectivity index (χ1n) is 40.2. The Balaban J connectivity index is 5.17. The van der Waals surface area contributed by atoms with Crippen LogP contribution in [0.5, 0.6) is 0 Å². The van der Waals surface area contributed by atoms with Crippen LogP contribution in [0.15, 0.2) is 0 Å². The number of hydrogen-bond acceptors (Lipinski definition) is 15. The predicted molar refractivity (Wildman–Crippen MR) is 395 cm³/mol. The van der Waals surface area contributed by atoms with E-state index >= 15 is 0 Å². The van der Waals surface area contributed by atoms with Gasteiger partial charge in [-0.15, -0.1) is 0 Å². The van der Waals surface area contributed by atoms with Crippen molar-refractivity contribution in [1.82, 2.24) is 0 Å². The molecule has 0 aromatic carbocycles. The van der Waals surface area contributed by atoms with E-state index in [0.717, 1.165) is 108 Å². The molecule has 0 spiro atoms. The molecule has 97 heavy (non-hydrogen) atoms. The van der Waals surface area contributed by atoms with Crippen LogP contribution in [0.25, 0.3) is 0 Å². The van der Waals surface area contributed by atoms with Crippen molar-refractivity contribution in [2.75, 3.05) is 39.6 Å². The number of rotatable bonds is 75. The smallest absolute Gasteiger partial charge is 0.462 e. The third-order valence-electron chi connectivity index (χ3n) is 18.4. The van der Waals surface area contributed by atoms with Gasteiger partial charge in [0, 0.05) is 25.7 Å². The van der Waals surface area contributed by atoms with Crippen LogP contribution in [0.1, 0.15) is 396 Å². The van der Waals surface area contributed by atoms with Crippen molar-refractivity contribution >= 4 is 39.5 Å². The Hall–Kier alpha value is -1.94. The quantitative estimate of drug-likeness (QED) is 0.0222. The number of hydrogen-bond donors (Lipinski definition) is 3. The molecule has 17 nitrogen and oxygen atoms in total. The molecule has 0 aliphatic heterocycles. The number of esters is 4. The number of phosphoric acid groups is 2. The number of phosphoric ester groups is 2. The van der Waals surface area contributed by atoms with Gasteiger partial charge in [-0.25, -0.2) is 9.13 Å². The van der Waals surface area contributed by atoms with Crippen molar-refractivity contribution in [3.63, 3.8) is 0 Å². The second kappa shape index (κ2) is 67.2. The average molecular weight is 1420 g/mol. The predicted octanol–water partition coefficient (Wildman–Crippen LogP) is 22.8. The fourth-order valence-corrected chi connectivity index (χ4v) is 13.5. The van der Waals surface area contributed by atoms with Gasteiger partial charge in [-0.1, -0.05) is 344 Å². The number of aliphatic hydroxyl groups excluding tert-OH is 1. The Morgan fingerprint density at radius 1 is 0.289 bits per heavy atom. The summed E-state index contributed by atoms with van der Waals surface area (Å²) in [5.74, 6) is 0.912. The van der Waals surface area contributed by atoms with Crippen molar-refractivity contribution in [2.45, 2.75) is 414 Å². The molecule has 0 amide bonds. The van der Waals surface area contributed by atoms with Gasteiger partial charge >= 0.3 is 39.5 Å². The number of carbonyl (C=O) groups excluding carboxylic acids is 4. The lowest BCUT2D eigenvalue weighted by molar-refractivity contribution is -0.161. The topological polar surface area (TPSA) is 237 Å². The summed E-state index contributed by atoms with van der Waals surface area (Å²) in [6, 6.07) is 0. The average Bonchev–Trinajstić information content (AvgIpc) is 1.18. The van der Waals surface area contributed by atoms with E-state index in [1.165, 1.54) is 193 Å². The highest BCUT2D eigenvalue weighted by Gasteiger charge is 2.30. The van der Waals surface area contributed by atoms with Gasteiger partial charge in [0.1, 0.15) is 19.3 Å². The number of carbonyl (C=O) groups is 4. The van der Waals surface area contributed by atoms with Crippen LogP contribution in [0.4, 0.5) is 0 Å². The van der Waals surface area contributed by atoms with Crippen molar-refractivity contribution in [1.29, 1.82) is 0 Å². The number of unbranched alkanes of at least 4 members (excludes halogenated alkanes) is 40. The summed E-state index contributed by atoms with van der Waals surface area (Å²) in [7, 11) is -9.91. The summed E-state index contributed by atoms with van der Waals surface area (Å²) in [6.07, 6.45) is 53.1. The van der Waals surface area contributed by atoms with E-state index in [0.29, 0.717) is 37.5 Å². The molecular formula is C78H152O17P2. The van der Waals surface area contributed by atoms with Crippen molar-refractivity contribution in [3.8, 4) is 0 Å². The monoisotopic (exact) mass is 1420 g/mol. The molecule has 0 radical (unpaired) electrons. The Labute approximate surface area is 594 Å². The molecule has 0 fully saturated rings. The van der Waals surface area contributed by atoms with Crippen LogP contribution in [0, 0.1) is 23.7 Å². The molecule has 3 unspecified atom stereocenters. The van der Waals surface area contributed by atoms with E-state index in [2.05, 4.69) is 55.4 Å². The lowest BCUT2D eigenvalue weighted by atomic mass is 9.99. The molecule has 3 N–H and O–H groups in total. The van der Waals surface area contributed by atoms with Crippen LogP contribution < -0.4 is 0 Å². The molecule has 0 saturated heterocycles. The van der Waals surface area contributed by atoms with Crippen LogP contribution in [0.2, 0.25) is 0 Å². The molecule has 0 saturated carbocycles. The second-order valence-electron chi connectivity index (χ2n) is 29.8. The minimum atomic E-state index is -4.96. The lowest BCUT2D eigenvalue weighted by Crippen LogP contribution is -2.30. The first-order valence-corrected chi connectivity index (χ1v) is 43.2. The highest BCUT2D eigenvalue weighted by Crippen LogP contribution is 2.45. The largest absolute Gasteiger partial charge is 0.472 e. The van der Waals surface area contributed by atoms with E-state index < -0.39 is 97.5 Å². The highest BCUT2D eigenvalue weighted by atomic mass is 31.2. The van der Waals surface area contributed by atoms with Gasteiger partial charge in [-0.3, -0.25) is 37.3 Å². The summed E-state index contributed by atoms with van der Waals surface area (Å²) in [4.78, 5) is 72.8. The fourth-order valence-electron chi connectivity index (χ4n) is 11.9. The van der Waals surface area contributed by atoms with Crippen LogP contribution in [-0.4, -0.2) is 96.7 Å². The molecule has 19 heteroatoms. The maximum atomic E-state index is 13.1. The minimum Gasteiger partial charge on any atom is -0.462 e. The third kappa shape index (κ3) is 70.9. The first-order chi connectivity index (χ1) is 46.6. The van der Waals surface area contributed by atoms with E-state index in [9.17, 15) is 43.2 Å². The molecule has 0 rings (SSSR count). The summed E-state index contributed by atoms with van der Waals surface area (Å²) < 4.78 is 68.5. The summed E-state index contributed by atoms with van der Waals surface area (Å²) >= 11 is 0. The normalized spacial score (nSPS) is 14.4. The van der Waals surface area contributed by atoms with Crippen LogP contribution >= 0.6 is 15.6 Å². The Morgan fingerprint density at radius 3 is 0.732 bits per heavy atom. The molecule has 576 valence electrons. The maximum absolute atomic E-state index is 13.1. The van der Waals surface area contributed by atoms with Crippen molar-refractivity contribution < 1.29 is 80.2 Å². The molecule has 0 aliphatic rings. The number of aliphatic hydroxyl groups is 1. The maximum Gasteiger partial charge on any atom is 0.472 e. The molecule has 6 atom stereocenters. The molecular weight excluding hydrogens is 1270 g/mol. The molecule has 0 bridgehead atoms. The van der Waals surface area contributed by atoms with E-state index in [-0.39, 0.29) is 25.7 Å². The van der Waals surface area contributed by atoms with Crippen LogP contribution in [0.3, 0.4) is 0 Å². The zero-order valence-corrected chi connectivity index (χ0v) is 65.5. The highest BCUT2D eigenvalue weighted by molar-refractivity contribution is 7.47. The Kier molecular flexibility index (Phi) is 65.9. The second-order valence-corrected chi connectivity index (χ2v) is 32.7. The van der Waals surface area contributed by atoms with Gasteiger partial charge in [-0.05, 0) is 49.4 Å². The van der Waals surface area contributed by atoms with E-state index in [4.69, 9.17) is 37.0 Å². The lowest BCUT2D eigenvalue weighted by Gasteiger charge is -2.21. The summed E-state index contributed by atoms with van der Waals surface area (Å²) in [5.41, 5.74) is 0. The third-order valence-corrected chi connectivity index (χ3v) is 20.3. The fraction of sp³-hybridized carbons (Fsp3) is 0.949. The zero-order chi connectivity index (χ0) is 71.7. The van der Waals surface area contributed by atoms with Crippen molar-refractivity contribution in [2.24, 2.45) is 23.7 Å². The van der Waals surface area contributed by atoms with Gasteiger partial charge in [0.25, 0.3) is 0 Å². The van der Waals surface area contributed by atoms with E-state index in [1.54, 1.807) is 0 Å². The molecule has 0 aromatic rings. The molecule has 0 heterocycles. The standard InChI is InChI=1S/C78H152O17P2/c1-9-71(8)57-49-41-32-26-22-18-14-12-10-11-13-15-19-23-27-33-42-50-58-75(80)88-64-73(94-77(82)60-52-44-34-28-24-20-16-17-21-25-30-38-46-54-68(2)3)66-92-96(84,85)90-62-72(79)63-91-97(86,87)93-67-74(65-89-76(81)59-51-43-37-36-40-48-56-70(6)7)95-78(83)61-53-45-35-29-31-39-47-55-69(4)5/h68-74,79H,9-67H2,1-8H3,(H,84,85)(H,86,87)/t71?,72-,73-,74-/m1/s1. The number of ether oxygens (including phenoxy) is 4. The van der Waals surface area contributed by atoms with Gasteiger partial charge in [0.2, 0.25) is 0 Å². The molecule has 0 aliphatic carbocycles. The first kappa shape index (κ1) is 95.1. The van der Waals surface area contributed by atoms with Gasteiger partial charge in [-0.2, -0.15) is 0 Å². The van der Waals surface area contributed by atoms with Gasteiger partial charge in [0.15, 0.2) is 12.2 Å². The minimum absolute atomic E-state index is 0.102. The van der Waals surface area contributed by atoms with Crippen LogP contribution in [-0.2, 0) is 65.4 Å². The Bertz CT molecular complexity index is 1900. The zero-order valence-electron chi connectivity index (χ0n) is 63.7. The van der Waals surface area contributed by atoms with Gasteiger partial charge in [0.05, 0.1) is 26.4 Å².